The van der Waals surface area contributed by atoms with E-state index in [1.165, 1.54) is 12.8 Å². The molecule has 0 N–H and O–H groups in total. The average Bonchev–Trinajstić information content (AvgIpc) is 3.50. The fourth-order valence-corrected chi connectivity index (χ4v) is 4.88. The van der Waals surface area contributed by atoms with Crippen molar-refractivity contribution in [2.24, 2.45) is 5.92 Å². The third-order valence-electron chi connectivity index (χ3n) is 5.89. The van der Waals surface area contributed by atoms with Gasteiger partial charge in [-0.15, -0.1) is 0 Å². The van der Waals surface area contributed by atoms with Gasteiger partial charge in [0.05, 0.1) is 23.7 Å². The normalized spacial score (nSPS) is 15.6. The molecular formula is C23H30N6OSi. The lowest BCUT2D eigenvalue weighted by Crippen LogP contribution is -2.22. The summed E-state index contributed by atoms with van der Waals surface area (Å²) in [5, 5.41) is 14.8. The topological polar surface area (TPSA) is 81.5 Å². The molecule has 0 spiro atoms. The second-order valence-electron chi connectivity index (χ2n) is 9.45. The predicted octanol–water partition coefficient (Wildman–Crippen LogP) is 5.16. The molecule has 0 aliphatic heterocycles. The summed E-state index contributed by atoms with van der Waals surface area (Å²) in [6.07, 6.45) is 13.7. The van der Waals surface area contributed by atoms with Crippen molar-refractivity contribution >= 4 is 24.8 Å². The van der Waals surface area contributed by atoms with Crippen molar-refractivity contribution < 1.29 is 4.74 Å². The molecule has 0 saturated heterocycles. The number of hydrogen-bond acceptors (Lipinski definition) is 5. The van der Waals surface area contributed by atoms with Crippen LogP contribution in [0.3, 0.4) is 0 Å². The summed E-state index contributed by atoms with van der Waals surface area (Å²) >= 11 is 0. The van der Waals surface area contributed by atoms with E-state index in [1.54, 1.807) is 12.4 Å². The number of ether oxygens (including phenoxy) is 1. The van der Waals surface area contributed by atoms with Crippen LogP contribution in [0.4, 0.5) is 0 Å². The van der Waals surface area contributed by atoms with Gasteiger partial charge in [0.25, 0.3) is 0 Å². The van der Waals surface area contributed by atoms with Crippen molar-refractivity contribution in [3.05, 3.63) is 37.1 Å². The number of rotatable bonds is 8. The molecule has 1 aliphatic carbocycles. The predicted molar refractivity (Wildman–Crippen MR) is 125 cm³/mol. The van der Waals surface area contributed by atoms with Crippen molar-refractivity contribution in [2.45, 2.75) is 58.1 Å². The molecular weight excluding hydrogens is 404 g/mol. The first kappa shape index (κ1) is 21.5. The Labute approximate surface area is 184 Å². The summed E-state index contributed by atoms with van der Waals surface area (Å²) in [6, 6.07) is 5.37. The fourth-order valence-electron chi connectivity index (χ4n) is 4.12. The Morgan fingerprint density at radius 3 is 2.84 bits per heavy atom. The lowest BCUT2D eigenvalue weighted by Gasteiger charge is -2.15. The molecule has 3 aromatic heterocycles. The van der Waals surface area contributed by atoms with Gasteiger partial charge in [0.1, 0.15) is 18.7 Å². The molecule has 0 amide bonds. The van der Waals surface area contributed by atoms with Crippen molar-refractivity contribution in [3.8, 4) is 17.3 Å². The van der Waals surface area contributed by atoms with E-state index in [-0.39, 0.29) is 0 Å². The summed E-state index contributed by atoms with van der Waals surface area (Å²) in [4.78, 5) is 9.03. The minimum Gasteiger partial charge on any atom is -0.361 e. The Kier molecular flexibility index (Phi) is 6.34. The van der Waals surface area contributed by atoms with Gasteiger partial charge in [0.15, 0.2) is 0 Å². The molecule has 0 atom stereocenters. The first-order valence-electron chi connectivity index (χ1n) is 11.0. The van der Waals surface area contributed by atoms with Gasteiger partial charge in [-0.05, 0) is 25.0 Å². The highest BCUT2D eigenvalue weighted by Crippen LogP contribution is 2.34. The van der Waals surface area contributed by atoms with Gasteiger partial charge in [-0.1, -0.05) is 32.5 Å². The van der Waals surface area contributed by atoms with Gasteiger partial charge in [-0.3, -0.25) is 0 Å². The Bertz CT molecular complexity index is 1110. The van der Waals surface area contributed by atoms with Crippen molar-refractivity contribution in [2.75, 3.05) is 6.61 Å². The number of nitriles is 1. The minimum absolute atomic E-state index is 0.396. The number of fused-ring (bicyclic) bond motifs is 1. The van der Waals surface area contributed by atoms with Gasteiger partial charge >= 0.3 is 0 Å². The van der Waals surface area contributed by atoms with Gasteiger partial charge < -0.3 is 9.30 Å². The molecule has 0 aromatic carbocycles. The van der Waals surface area contributed by atoms with E-state index in [0.29, 0.717) is 12.6 Å². The van der Waals surface area contributed by atoms with Crippen LogP contribution in [0.25, 0.3) is 28.0 Å². The molecule has 3 heterocycles. The molecule has 1 fully saturated rings. The largest absolute Gasteiger partial charge is 0.361 e. The zero-order valence-electron chi connectivity index (χ0n) is 18.6. The number of aromatic nitrogens is 5. The Morgan fingerprint density at radius 2 is 2.10 bits per heavy atom. The number of nitrogens with zero attached hydrogens (tertiary/aromatic N) is 6. The maximum atomic E-state index is 9.26. The van der Waals surface area contributed by atoms with E-state index in [4.69, 9.17) is 4.74 Å². The Balaban J connectivity index is 1.56. The first-order valence-corrected chi connectivity index (χ1v) is 14.7. The smallest absolute Gasteiger partial charge is 0.145 e. The Hall–Kier alpha value is -2.76. The van der Waals surface area contributed by atoms with Crippen molar-refractivity contribution in [1.82, 2.24) is 24.3 Å². The molecule has 31 heavy (non-hydrogen) atoms. The highest BCUT2D eigenvalue weighted by molar-refractivity contribution is 6.76. The first-order chi connectivity index (χ1) is 15.0. The second-order valence-corrected chi connectivity index (χ2v) is 15.1. The van der Waals surface area contributed by atoms with E-state index in [1.807, 2.05) is 33.9 Å². The third-order valence-corrected chi connectivity index (χ3v) is 7.59. The highest BCUT2D eigenvalue weighted by atomic mass is 28.3. The van der Waals surface area contributed by atoms with Crippen molar-refractivity contribution in [1.29, 1.82) is 5.26 Å². The lowest BCUT2D eigenvalue weighted by molar-refractivity contribution is 0.0899. The van der Waals surface area contributed by atoms with Crippen LogP contribution in [-0.4, -0.2) is 39.0 Å². The summed E-state index contributed by atoms with van der Waals surface area (Å²) in [5.74, 6) is 0.396. The fraction of sp³-hybridized carbons (Fsp3) is 0.478. The van der Waals surface area contributed by atoms with Crippen LogP contribution in [0.5, 0.6) is 0 Å². The van der Waals surface area contributed by atoms with E-state index < -0.39 is 8.07 Å². The highest BCUT2D eigenvalue weighted by Gasteiger charge is 2.22. The van der Waals surface area contributed by atoms with Gasteiger partial charge in [-0.2, -0.15) is 10.4 Å². The monoisotopic (exact) mass is 434 g/mol. The lowest BCUT2D eigenvalue weighted by atomic mass is 10.0. The van der Waals surface area contributed by atoms with E-state index in [9.17, 15) is 5.26 Å². The SMILES string of the molecule is C[Si](C)(C)CCOCn1ccc2c(-c3cnn(C(=CC#N)C4CCCC4)c3)ncnc21. The standard InChI is InChI=1S/C23H30N6OSi/c1-31(2,3)13-12-30-17-28-11-9-20-22(25-16-26-23(20)28)19-14-27-29(15-19)21(8-10-24)18-6-4-5-7-18/h8-9,11,14-16,18H,4-7,12-13,17H2,1-3H3. The molecule has 4 rings (SSSR count). The van der Waals surface area contributed by atoms with Gasteiger partial charge in [0.2, 0.25) is 0 Å². The quantitative estimate of drug-likeness (QED) is 0.278. The molecule has 0 radical (unpaired) electrons. The molecule has 1 saturated carbocycles. The minimum atomic E-state index is -1.10. The Morgan fingerprint density at radius 1 is 1.29 bits per heavy atom. The van der Waals surface area contributed by atoms with E-state index in [2.05, 4.69) is 40.8 Å². The summed E-state index contributed by atoms with van der Waals surface area (Å²) in [6.45, 7) is 8.32. The molecule has 8 heteroatoms. The third kappa shape index (κ3) is 4.94. The maximum Gasteiger partial charge on any atom is 0.145 e. The summed E-state index contributed by atoms with van der Waals surface area (Å²) in [5.41, 5.74) is 3.60. The van der Waals surface area contributed by atoms with E-state index in [0.717, 1.165) is 53.5 Å². The maximum absolute atomic E-state index is 9.26. The van der Waals surface area contributed by atoms with Crippen LogP contribution < -0.4 is 0 Å². The van der Waals surface area contributed by atoms with E-state index >= 15 is 0 Å². The van der Waals surface area contributed by atoms with Crippen molar-refractivity contribution in [3.63, 3.8) is 0 Å². The van der Waals surface area contributed by atoms with Crippen LogP contribution in [0.15, 0.2) is 37.1 Å². The molecule has 3 aromatic rings. The van der Waals surface area contributed by atoms with Crippen LogP contribution in [-0.2, 0) is 11.5 Å². The molecule has 0 bridgehead atoms. The van der Waals surface area contributed by atoms with Gasteiger partial charge in [-0.25, -0.2) is 14.6 Å². The molecule has 7 nitrogen and oxygen atoms in total. The summed E-state index contributed by atoms with van der Waals surface area (Å²) < 4.78 is 9.78. The zero-order valence-corrected chi connectivity index (χ0v) is 19.6. The second kappa shape index (κ2) is 9.16. The zero-order chi connectivity index (χ0) is 21.8. The number of allylic oxidation sites excluding steroid dienone is 2. The molecule has 162 valence electrons. The molecule has 0 unspecified atom stereocenters. The average molecular weight is 435 g/mol. The summed E-state index contributed by atoms with van der Waals surface area (Å²) in [7, 11) is -1.10. The van der Waals surface area contributed by atoms with Crippen LogP contribution >= 0.6 is 0 Å². The van der Waals surface area contributed by atoms with Crippen LogP contribution in [0, 0.1) is 17.2 Å². The number of hydrogen-bond donors (Lipinski definition) is 0. The van der Waals surface area contributed by atoms with Crippen LogP contribution in [0.2, 0.25) is 25.7 Å². The van der Waals surface area contributed by atoms with Gasteiger partial charge in [0, 0.05) is 50.0 Å². The van der Waals surface area contributed by atoms with Crippen LogP contribution in [0.1, 0.15) is 25.7 Å². The molecule has 1 aliphatic rings.